The second-order valence-electron chi connectivity index (χ2n) is 4.49. The third kappa shape index (κ3) is 2.77. The van der Waals surface area contributed by atoms with Crippen LogP contribution in [0, 0.1) is 0 Å². The first-order valence-electron chi connectivity index (χ1n) is 6.14. The van der Waals surface area contributed by atoms with Crippen molar-refractivity contribution >= 4 is 48.7 Å². The zero-order valence-electron chi connectivity index (χ0n) is 10.5. The van der Waals surface area contributed by atoms with E-state index in [4.69, 9.17) is 0 Å². The Hall–Kier alpha value is -0.680. The maximum Gasteiger partial charge on any atom is 0.0701 e. The molecule has 1 aromatic carbocycles. The second-order valence-corrected chi connectivity index (χ2v) is 7.69. The van der Waals surface area contributed by atoms with Crippen LogP contribution in [0.3, 0.4) is 0 Å². The Balaban J connectivity index is 1.90. The molecule has 0 aliphatic carbocycles. The number of benzene rings is 1. The predicted molar refractivity (Wildman–Crippen MR) is 89.3 cm³/mol. The van der Waals surface area contributed by atoms with E-state index in [1.54, 1.807) is 11.3 Å². The third-order valence-corrected chi connectivity index (χ3v) is 5.86. The van der Waals surface area contributed by atoms with E-state index in [9.17, 15) is 0 Å². The molecular formula is C15H14BrNS2. The van der Waals surface area contributed by atoms with E-state index in [1.165, 1.54) is 25.0 Å². The molecule has 1 atom stereocenters. The maximum absolute atomic E-state index is 3.54. The summed E-state index contributed by atoms with van der Waals surface area (Å²) in [6, 6.07) is 11.2. The van der Waals surface area contributed by atoms with Gasteiger partial charge in [0.25, 0.3) is 0 Å². The third-order valence-electron chi connectivity index (χ3n) is 3.32. The summed E-state index contributed by atoms with van der Waals surface area (Å²) in [4.78, 5) is 0. The highest BCUT2D eigenvalue weighted by molar-refractivity contribution is 9.11. The van der Waals surface area contributed by atoms with Crippen molar-refractivity contribution < 1.29 is 0 Å². The van der Waals surface area contributed by atoms with Crippen molar-refractivity contribution in [2.24, 2.45) is 0 Å². The van der Waals surface area contributed by atoms with E-state index in [1.807, 2.05) is 18.4 Å². The molecule has 0 fully saturated rings. The second kappa shape index (κ2) is 5.75. The molecule has 1 N–H and O–H groups in total. The minimum Gasteiger partial charge on any atom is -0.313 e. The van der Waals surface area contributed by atoms with Gasteiger partial charge in [0.2, 0.25) is 0 Å². The first-order valence-corrected chi connectivity index (χ1v) is 8.69. The summed E-state index contributed by atoms with van der Waals surface area (Å²) in [6.45, 7) is 0. The number of rotatable bonds is 4. The Morgan fingerprint density at radius 2 is 2.05 bits per heavy atom. The van der Waals surface area contributed by atoms with Gasteiger partial charge in [0.15, 0.2) is 0 Å². The molecule has 0 spiro atoms. The minimum absolute atomic E-state index is 0.376. The number of halogens is 1. The van der Waals surface area contributed by atoms with Gasteiger partial charge < -0.3 is 5.32 Å². The van der Waals surface area contributed by atoms with Crippen LogP contribution in [0.25, 0.3) is 10.1 Å². The molecule has 0 radical (unpaired) electrons. The van der Waals surface area contributed by atoms with Crippen molar-refractivity contribution in [2.75, 3.05) is 7.05 Å². The van der Waals surface area contributed by atoms with E-state index in [0.29, 0.717) is 6.04 Å². The van der Waals surface area contributed by atoms with Gasteiger partial charge in [-0.15, -0.1) is 22.7 Å². The molecule has 1 nitrogen and oxygen atoms in total. The normalized spacial score (nSPS) is 12.9. The molecule has 2 aromatic heterocycles. The largest absolute Gasteiger partial charge is 0.313 e. The van der Waals surface area contributed by atoms with Crippen LogP contribution >= 0.6 is 38.6 Å². The van der Waals surface area contributed by atoms with Crippen molar-refractivity contribution in [2.45, 2.75) is 12.5 Å². The van der Waals surface area contributed by atoms with Gasteiger partial charge in [0, 0.05) is 10.7 Å². The molecule has 4 heteroatoms. The molecular weight excluding hydrogens is 338 g/mol. The number of thiophene rings is 2. The summed E-state index contributed by atoms with van der Waals surface area (Å²) in [5, 5.41) is 9.33. The Kier molecular flexibility index (Phi) is 4.03. The van der Waals surface area contributed by atoms with Gasteiger partial charge in [-0.1, -0.05) is 18.2 Å². The summed E-state index contributed by atoms with van der Waals surface area (Å²) in [5.41, 5.74) is 2.79. The molecule has 3 rings (SSSR count). The number of fused-ring (bicyclic) bond motifs is 1. The van der Waals surface area contributed by atoms with Crippen LogP contribution in [-0.2, 0) is 6.42 Å². The quantitative estimate of drug-likeness (QED) is 0.678. The highest BCUT2D eigenvalue weighted by atomic mass is 79.9. The Bertz CT molecular complexity index is 686. The molecule has 0 saturated carbocycles. The van der Waals surface area contributed by atoms with E-state index in [-0.39, 0.29) is 0 Å². The van der Waals surface area contributed by atoms with Gasteiger partial charge in [0.05, 0.1) is 3.79 Å². The van der Waals surface area contributed by atoms with E-state index in [2.05, 4.69) is 62.3 Å². The fraction of sp³-hybridized carbons (Fsp3) is 0.200. The lowest BCUT2D eigenvalue weighted by Gasteiger charge is -2.14. The molecule has 1 unspecified atom stereocenters. The Morgan fingerprint density at radius 3 is 2.79 bits per heavy atom. The van der Waals surface area contributed by atoms with Gasteiger partial charge in [-0.25, -0.2) is 0 Å². The van der Waals surface area contributed by atoms with Crippen LogP contribution in [0.15, 0.2) is 44.9 Å². The van der Waals surface area contributed by atoms with Gasteiger partial charge in [-0.3, -0.25) is 0 Å². The molecule has 0 amide bonds. The van der Waals surface area contributed by atoms with Crippen LogP contribution in [0.5, 0.6) is 0 Å². The van der Waals surface area contributed by atoms with Crippen LogP contribution in [0.2, 0.25) is 0 Å². The topological polar surface area (TPSA) is 12.0 Å². The number of likely N-dealkylation sites (N-methyl/N-ethyl adjacent to an activating group) is 1. The Labute approximate surface area is 129 Å². The van der Waals surface area contributed by atoms with E-state index < -0.39 is 0 Å². The lowest BCUT2D eigenvalue weighted by molar-refractivity contribution is 0.596. The number of hydrogen-bond donors (Lipinski definition) is 1. The van der Waals surface area contributed by atoms with Crippen molar-refractivity contribution in [3.05, 3.63) is 56.0 Å². The molecule has 3 aromatic rings. The highest BCUT2D eigenvalue weighted by Crippen LogP contribution is 2.31. The highest BCUT2D eigenvalue weighted by Gasteiger charge is 2.14. The zero-order valence-corrected chi connectivity index (χ0v) is 13.7. The molecule has 0 bridgehead atoms. The minimum atomic E-state index is 0.376. The first-order chi connectivity index (χ1) is 9.28. The van der Waals surface area contributed by atoms with Gasteiger partial charge in [0.1, 0.15) is 0 Å². The van der Waals surface area contributed by atoms with Crippen molar-refractivity contribution in [3.8, 4) is 0 Å². The fourth-order valence-corrected chi connectivity index (χ4v) is 4.51. The lowest BCUT2D eigenvalue weighted by atomic mass is 10.0. The molecule has 0 aliphatic heterocycles. The molecule has 0 saturated heterocycles. The summed E-state index contributed by atoms with van der Waals surface area (Å²) in [6.07, 6.45) is 1.03. The molecule has 98 valence electrons. The van der Waals surface area contributed by atoms with Crippen LogP contribution in [-0.4, -0.2) is 7.05 Å². The van der Waals surface area contributed by atoms with Crippen molar-refractivity contribution in [3.63, 3.8) is 0 Å². The van der Waals surface area contributed by atoms with Gasteiger partial charge in [-0.05, 0) is 68.8 Å². The van der Waals surface area contributed by atoms with Gasteiger partial charge in [-0.2, -0.15) is 0 Å². The monoisotopic (exact) mass is 351 g/mol. The van der Waals surface area contributed by atoms with Crippen LogP contribution < -0.4 is 5.32 Å². The van der Waals surface area contributed by atoms with Gasteiger partial charge >= 0.3 is 0 Å². The lowest BCUT2D eigenvalue weighted by Crippen LogP contribution is -2.17. The standard InChI is InChI=1S/C15H14BrNS2/c1-17-13(11-7-15(16)19-9-11)6-10-8-18-14-5-3-2-4-12(10)14/h2-5,7-9,13,17H,6H2,1H3. The average molecular weight is 352 g/mol. The predicted octanol–water partition coefficient (Wildman–Crippen LogP) is 5.23. The first kappa shape index (κ1) is 13.3. The number of hydrogen-bond acceptors (Lipinski definition) is 3. The molecule has 19 heavy (non-hydrogen) atoms. The molecule has 0 aliphatic rings. The zero-order chi connectivity index (χ0) is 13.2. The fourth-order valence-electron chi connectivity index (χ4n) is 2.30. The summed E-state index contributed by atoms with van der Waals surface area (Å²) in [5.74, 6) is 0. The van der Waals surface area contributed by atoms with Crippen molar-refractivity contribution in [1.82, 2.24) is 5.32 Å². The summed E-state index contributed by atoms with van der Waals surface area (Å²) < 4.78 is 2.57. The summed E-state index contributed by atoms with van der Waals surface area (Å²) in [7, 11) is 2.03. The van der Waals surface area contributed by atoms with E-state index >= 15 is 0 Å². The smallest absolute Gasteiger partial charge is 0.0701 e. The van der Waals surface area contributed by atoms with E-state index in [0.717, 1.165) is 6.42 Å². The maximum atomic E-state index is 3.54. The number of nitrogens with one attached hydrogen (secondary N) is 1. The van der Waals surface area contributed by atoms with Crippen LogP contribution in [0.1, 0.15) is 17.2 Å². The SMILES string of the molecule is CNC(Cc1csc2ccccc12)c1csc(Br)c1. The molecule has 2 heterocycles. The van der Waals surface area contributed by atoms with Crippen molar-refractivity contribution in [1.29, 1.82) is 0 Å². The Morgan fingerprint density at radius 1 is 1.21 bits per heavy atom. The summed E-state index contributed by atoms with van der Waals surface area (Å²) >= 11 is 7.12. The average Bonchev–Trinajstić information content (AvgIpc) is 3.03. The van der Waals surface area contributed by atoms with Crippen LogP contribution in [0.4, 0.5) is 0 Å².